The summed E-state index contributed by atoms with van der Waals surface area (Å²) < 4.78 is 17.5. The maximum atomic E-state index is 11.3. The molecule has 2 fully saturated rings. The molecule has 15 nitrogen and oxygen atoms in total. The van der Waals surface area contributed by atoms with Gasteiger partial charge in [-0.15, -0.1) is 5.10 Å². The van der Waals surface area contributed by atoms with Crippen molar-refractivity contribution in [2.75, 3.05) is 13.2 Å². The third kappa shape index (κ3) is 5.38. The fourth-order valence-electron chi connectivity index (χ4n) is 3.56. The molecule has 2 aliphatic rings. The van der Waals surface area contributed by atoms with Crippen molar-refractivity contribution in [2.45, 2.75) is 67.9 Å². The van der Waals surface area contributed by atoms with Gasteiger partial charge in [-0.3, -0.25) is 4.79 Å². The van der Waals surface area contributed by atoms with Crippen LogP contribution < -0.4 is 5.32 Å². The Morgan fingerprint density at radius 2 is 1.76 bits per heavy atom. The molecule has 1 amide bonds. The van der Waals surface area contributed by atoms with Gasteiger partial charge >= 0.3 is 0 Å². The third-order valence-corrected chi connectivity index (χ3v) is 5.43. The normalized spacial score (nSPS) is 39.2. The molecule has 15 heteroatoms. The Balaban J connectivity index is 1.71. The SMILES string of the molecule is C=CC(=O)NCc1cn(C2O[C@H](CO)[C@@H](O[C@@H]3O[C@H](CO)[C@H](O)[C@H](O)[C@H]3O)[C@H](O)[C@H]2O)nn1. The molecule has 1 unspecified atom stereocenters. The molecule has 0 radical (unpaired) electrons. The Hall–Kier alpha value is -2.05. The Morgan fingerprint density at radius 1 is 1.06 bits per heavy atom. The van der Waals surface area contributed by atoms with Crippen LogP contribution in [0.3, 0.4) is 0 Å². The largest absolute Gasteiger partial charge is 0.394 e. The van der Waals surface area contributed by atoms with Gasteiger partial charge in [0.1, 0.15) is 54.5 Å². The van der Waals surface area contributed by atoms with Crippen molar-refractivity contribution in [1.82, 2.24) is 20.3 Å². The molecule has 0 spiro atoms. The minimum Gasteiger partial charge on any atom is -0.394 e. The summed E-state index contributed by atoms with van der Waals surface area (Å²) in [5.41, 5.74) is 0.315. The number of hydrogen-bond acceptors (Lipinski definition) is 13. The van der Waals surface area contributed by atoms with Crippen molar-refractivity contribution in [3.05, 3.63) is 24.5 Å². The van der Waals surface area contributed by atoms with E-state index in [4.69, 9.17) is 14.2 Å². The van der Waals surface area contributed by atoms with Crippen LogP contribution in [0.2, 0.25) is 0 Å². The lowest BCUT2D eigenvalue weighted by Crippen LogP contribution is -2.63. The van der Waals surface area contributed by atoms with Crippen LogP contribution in [0.4, 0.5) is 0 Å². The molecular formula is C18H28N4O11. The van der Waals surface area contributed by atoms with Crippen LogP contribution in [0.25, 0.3) is 0 Å². The van der Waals surface area contributed by atoms with Gasteiger partial charge in [0.2, 0.25) is 5.91 Å². The second-order valence-electron chi connectivity index (χ2n) is 7.64. The van der Waals surface area contributed by atoms with E-state index in [0.29, 0.717) is 5.69 Å². The van der Waals surface area contributed by atoms with E-state index in [0.717, 1.165) is 10.8 Å². The zero-order valence-electron chi connectivity index (χ0n) is 17.4. The second-order valence-corrected chi connectivity index (χ2v) is 7.64. The molecule has 2 aliphatic heterocycles. The molecule has 3 heterocycles. The van der Waals surface area contributed by atoms with Crippen LogP contribution in [0, 0.1) is 0 Å². The summed E-state index contributed by atoms with van der Waals surface area (Å²) in [6, 6.07) is 0. The summed E-state index contributed by atoms with van der Waals surface area (Å²) in [6.07, 6.45) is -12.8. The van der Waals surface area contributed by atoms with Crippen LogP contribution in [0.1, 0.15) is 11.9 Å². The van der Waals surface area contributed by atoms with E-state index in [1.807, 2.05) is 0 Å². The van der Waals surface area contributed by atoms with Gasteiger partial charge in [0.25, 0.3) is 0 Å². The van der Waals surface area contributed by atoms with Crippen molar-refractivity contribution in [3.8, 4) is 0 Å². The van der Waals surface area contributed by atoms with Gasteiger partial charge in [-0.1, -0.05) is 11.8 Å². The molecule has 1 aromatic rings. The average Bonchev–Trinajstić information content (AvgIpc) is 3.29. The number of carbonyl (C=O) groups is 1. The van der Waals surface area contributed by atoms with Gasteiger partial charge < -0.3 is 55.3 Å². The van der Waals surface area contributed by atoms with Crippen LogP contribution in [0.15, 0.2) is 18.9 Å². The molecule has 2 saturated heterocycles. The van der Waals surface area contributed by atoms with Crippen LogP contribution in [-0.2, 0) is 25.5 Å². The van der Waals surface area contributed by atoms with Crippen molar-refractivity contribution in [1.29, 1.82) is 0 Å². The number of rotatable bonds is 8. The molecule has 186 valence electrons. The quantitative estimate of drug-likeness (QED) is 0.164. The third-order valence-electron chi connectivity index (χ3n) is 5.43. The first-order chi connectivity index (χ1) is 15.7. The number of carbonyl (C=O) groups excluding carboxylic acids is 1. The summed E-state index contributed by atoms with van der Waals surface area (Å²) in [6.45, 7) is 1.97. The first-order valence-corrected chi connectivity index (χ1v) is 10.1. The predicted molar refractivity (Wildman–Crippen MR) is 104 cm³/mol. The van der Waals surface area contributed by atoms with E-state index in [1.54, 1.807) is 0 Å². The molecule has 33 heavy (non-hydrogen) atoms. The van der Waals surface area contributed by atoms with E-state index in [1.165, 1.54) is 6.20 Å². The predicted octanol–water partition coefficient (Wildman–Crippen LogP) is -5.12. The summed E-state index contributed by atoms with van der Waals surface area (Å²) in [4.78, 5) is 11.3. The Labute approximate surface area is 187 Å². The fourth-order valence-corrected chi connectivity index (χ4v) is 3.56. The monoisotopic (exact) mass is 476 g/mol. The van der Waals surface area contributed by atoms with Gasteiger partial charge in [-0.25, -0.2) is 4.68 Å². The number of nitrogens with zero attached hydrogens (tertiary/aromatic N) is 3. The summed E-state index contributed by atoms with van der Waals surface area (Å²) >= 11 is 0. The highest BCUT2D eigenvalue weighted by atomic mass is 16.7. The Kier molecular flexibility index (Phi) is 8.46. The lowest BCUT2D eigenvalue weighted by molar-refractivity contribution is -0.347. The summed E-state index contributed by atoms with van der Waals surface area (Å²) in [5, 5.41) is 80.4. The topological polar surface area (TPSA) is 229 Å². The van der Waals surface area contributed by atoms with Crippen molar-refractivity contribution in [3.63, 3.8) is 0 Å². The molecule has 0 aliphatic carbocycles. The molecular weight excluding hydrogens is 448 g/mol. The highest BCUT2D eigenvalue weighted by Crippen LogP contribution is 2.32. The van der Waals surface area contributed by atoms with E-state index in [2.05, 4.69) is 22.2 Å². The highest BCUT2D eigenvalue weighted by molar-refractivity contribution is 5.86. The van der Waals surface area contributed by atoms with Crippen molar-refractivity contribution >= 4 is 5.91 Å². The van der Waals surface area contributed by atoms with Gasteiger partial charge in [0.05, 0.1) is 26.0 Å². The standard InChI is InChI=1S/C18H28N4O11/c1-2-10(25)19-3-7-4-22(21-20-7)17-14(29)13(28)16(9(6-24)31-17)33-18-15(30)12(27)11(26)8(5-23)32-18/h2,4,8-9,11-18,23-24,26-30H,1,3,5-6H2,(H,19,25)/t8-,9-,11+,12+,13-,14-,15-,16-,17?,18+/m1/s1. The number of aliphatic hydroxyl groups excluding tert-OH is 7. The molecule has 0 bridgehead atoms. The lowest BCUT2D eigenvalue weighted by Gasteiger charge is -2.45. The van der Waals surface area contributed by atoms with Gasteiger partial charge in [0.15, 0.2) is 12.5 Å². The number of aromatic nitrogens is 3. The summed E-state index contributed by atoms with van der Waals surface area (Å²) in [5.74, 6) is -0.428. The average molecular weight is 476 g/mol. The number of hydrogen-bond donors (Lipinski definition) is 8. The smallest absolute Gasteiger partial charge is 0.243 e. The van der Waals surface area contributed by atoms with E-state index < -0.39 is 80.5 Å². The first-order valence-electron chi connectivity index (χ1n) is 10.1. The minimum atomic E-state index is -1.76. The molecule has 3 rings (SSSR count). The summed E-state index contributed by atoms with van der Waals surface area (Å²) in [7, 11) is 0. The second kappa shape index (κ2) is 10.9. The number of nitrogens with one attached hydrogen (secondary N) is 1. The molecule has 8 N–H and O–H groups in total. The van der Waals surface area contributed by atoms with Gasteiger partial charge in [-0.2, -0.15) is 0 Å². The maximum absolute atomic E-state index is 11.3. The Morgan fingerprint density at radius 3 is 2.39 bits per heavy atom. The number of ether oxygens (including phenoxy) is 3. The molecule has 0 saturated carbocycles. The molecule has 0 aromatic carbocycles. The first kappa shape index (κ1) is 25.6. The van der Waals surface area contributed by atoms with Crippen molar-refractivity contribution in [2.24, 2.45) is 0 Å². The zero-order chi connectivity index (χ0) is 24.3. The van der Waals surface area contributed by atoms with Crippen molar-refractivity contribution < 1.29 is 54.8 Å². The number of aliphatic hydroxyl groups is 7. The maximum Gasteiger partial charge on any atom is 0.243 e. The van der Waals surface area contributed by atoms with Crippen LogP contribution >= 0.6 is 0 Å². The highest BCUT2D eigenvalue weighted by Gasteiger charge is 2.51. The Bertz CT molecular complexity index is 806. The lowest BCUT2D eigenvalue weighted by atomic mass is 9.96. The van der Waals surface area contributed by atoms with Crippen LogP contribution in [0.5, 0.6) is 0 Å². The molecule has 10 atom stereocenters. The molecule has 1 aromatic heterocycles. The van der Waals surface area contributed by atoms with Gasteiger partial charge in [-0.05, 0) is 6.08 Å². The number of amides is 1. The van der Waals surface area contributed by atoms with E-state index in [-0.39, 0.29) is 6.54 Å². The fraction of sp³-hybridized carbons (Fsp3) is 0.722. The van der Waals surface area contributed by atoms with E-state index >= 15 is 0 Å². The van der Waals surface area contributed by atoms with Crippen LogP contribution in [-0.4, -0.2) is 125 Å². The van der Waals surface area contributed by atoms with Gasteiger partial charge in [0, 0.05) is 0 Å². The minimum absolute atomic E-state index is 0.0164. The zero-order valence-corrected chi connectivity index (χ0v) is 17.4. The van der Waals surface area contributed by atoms with E-state index in [9.17, 15) is 40.5 Å².